The number of fused-ring (bicyclic) bond motifs is 1. The molecule has 1 aliphatic rings. The van der Waals surface area contributed by atoms with E-state index in [2.05, 4.69) is 23.2 Å². The van der Waals surface area contributed by atoms with E-state index in [0.717, 1.165) is 47.2 Å². The van der Waals surface area contributed by atoms with Crippen LogP contribution in [0.25, 0.3) is 22.2 Å². The van der Waals surface area contributed by atoms with E-state index in [1.54, 1.807) is 12.1 Å². The summed E-state index contributed by atoms with van der Waals surface area (Å²) in [7, 11) is 0. The molecule has 1 aliphatic carbocycles. The van der Waals surface area contributed by atoms with Gasteiger partial charge in [0, 0.05) is 22.4 Å². The van der Waals surface area contributed by atoms with E-state index in [1.807, 2.05) is 54.6 Å². The molecule has 0 amide bonds. The average Bonchev–Trinajstić information content (AvgIpc) is 3.01. The SMILES string of the molecule is O=c1nc2ccc(Cl)cc2c(-c2ccccc2)nc1CC1CC=C(OCc2ccccc2)CC1. The number of nitrogens with zero attached hydrogens (tertiary/aromatic N) is 2. The molecule has 1 unspecified atom stereocenters. The van der Waals surface area contributed by atoms with Crippen LogP contribution < -0.4 is 5.56 Å². The molecule has 0 saturated heterocycles. The molecule has 170 valence electrons. The first-order valence-electron chi connectivity index (χ1n) is 11.6. The average molecular weight is 469 g/mol. The molecule has 0 bridgehead atoms. The Morgan fingerprint density at radius 2 is 1.71 bits per heavy atom. The van der Waals surface area contributed by atoms with E-state index in [0.29, 0.717) is 35.2 Å². The predicted molar refractivity (Wildman–Crippen MR) is 137 cm³/mol. The van der Waals surface area contributed by atoms with Crippen molar-refractivity contribution in [1.82, 2.24) is 9.97 Å². The molecule has 1 heterocycles. The lowest BCUT2D eigenvalue weighted by Gasteiger charge is -2.21. The monoisotopic (exact) mass is 468 g/mol. The highest BCUT2D eigenvalue weighted by Gasteiger charge is 2.19. The van der Waals surface area contributed by atoms with Crippen LogP contribution >= 0.6 is 11.6 Å². The quantitative estimate of drug-likeness (QED) is 0.314. The number of rotatable bonds is 6. The van der Waals surface area contributed by atoms with E-state index in [1.165, 1.54) is 0 Å². The number of aromatic nitrogens is 2. The third kappa shape index (κ3) is 5.18. The molecule has 3 aromatic carbocycles. The molecule has 5 heteroatoms. The van der Waals surface area contributed by atoms with Crippen molar-refractivity contribution in [2.75, 3.05) is 0 Å². The second kappa shape index (κ2) is 10.2. The molecule has 0 spiro atoms. The fourth-order valence-corrected chi connectivity index (χ4v) is 4.54. The van der Waals surface area contributed by atoms with Gasteiger partial charge in [0.05, 0.1) is 17.0 Å². The van der Waals surface area contributed by atoms with Gasteiger partial charge in [-0.2, -0.15) is 0 Å². The molecular formula is C29H25ClN2O2. The van der Waals surface area contributed by atoms with Crippen LogP contribution in [-0.4, -0.2) is 9.97 Å². The van der Waals surface area contributed by atoms with Gasteiger partial charge in [0.1, 0.15) is 12.3 Å². The molecule has 0 N–H and O–H groups in total. The number of allylic oxidation sites excluding steroid dienone is 2. The van der Waals surface area contributed by atoms with E-state index in [9.17, 15) is 4.79 Å². The van der Waals surface area contributed by atoms with Crippen LogP contribution in [0.1, 0.15) is 30.5 Å². The maximum atomic E-state index is 13.1. The summed E-state index contributed by atoms with van der Waals surface area (Å²) >= 11 is 6.28. The van der Waals surface area contributed by atoms with Crippen molar-refractivity contribution in [3.05, 3.63) is 117 Å². The minimum Gasteiger partial charge on any atom is -0.494 e. The largest absolute Gasteiger partial charge is 0.494 e. The van der Waals surface area contributed by atoms with Gasteiger partial charge in [0.15, 0.2) is 0 Å². The van der Waals surface area contributed by atoms with Crippen molar-refractivity contribution >= 4 is 22.5 Å². The maximum Gasteiger partial charge on any atom is 0.291 e. The van der Waals surface area contributed by atoms with E-state index >= 15 is 0 Å². The highest BCUT2D eigenvalue weighted by Crippen LogP contribution is 2.29. The van der Waals surface area contributed by atoms with Crippen LogP contribution in [0.3, 0.4) is 0 Å². The molecule has 4 nitrogen and oxygen atoms in total. The Balaban J connectivity index is 1.40. The standard InChI is InChI=1S/C29H25ClN2O2/c30-23-13-16-26-25(18-23)28(22-9-5-2-6-10-22)31-27(29(33)32-26)17-20-11-14-24(15-12-20)34-19-21-7-3-1-4-8-21/h1-10,13-14,16,18,20H,11-12,15,17,19H2. The summed E-state index contributed by atoms with van der Waals surface area (Å²) in [5.74, 6) is 1.35. The van der Waals surface area contributed by atoms with Gasteiger partial charge in [-0.1, -0.05) is 72.3 Å². The van der Waals surface area contributed by atoms with Gasteiger partial charge in [-0.05, 0) is 55.0 Å². The van der Waals surface area contributed by atoms with Gasteiger partial charge in [-0.15, -0.1) is 0 Å². The van der Waals surface area contributed by atoms with Crippen LogP contribution in [0.4, 0.5) is 0 Å². The Labute approximate surface area is 203 Å². The summed E-state index contributed by atoms with van der Waals surface area (Å²) in [4.78, 5) is 22.3. The topological polar surface area (TPSA) is 52.1 Å². The minimum atomic E-state index is -0.274. The zero-order valence-electron chi connectivity index (χ0n) is 18.8. The van der Waals surface area contributed by atoms with E-state index < -0.39 is 0 Å². The van der Waals surface area contributed by atoms with E-state index in [4.69, 9.17) is 21.3 Å². The van der Waals surface area contributed by atoms with Crippen molar-refractivity contribution < 1.29 is 4.74 Å². The van der Waals surface area contributed by atoms with Crippen molar-refractivity contribution in [2.45, 2.75) is 32.3 Å². The third-order valence-electron chi connectivity index (χ3n) is 6.20. The first-order chi connectivity index (χ1) is 16.7. The Kier molecular flexibility index (Phi) is 6.68. The summed E-state index contributed by atoms with van der Waals surface area (Å²) in [6.45, 7) is 0.581. The number of ether oxygens (including phenoxy) is 1. The number of halogens is 1. The zero-order valence-corrected chi connectivity index (χ0v) is 19.5. The van der Waals surface area contributed by atoms with Crippen LogP contribution in [0.5, 0.6) is 0 Å². The van der Waals surface area contributed by atoms with Gasteiger partial charge in [0.2, 0.25) is 0 Å². The first kappa shape index (κ1) is 22.3. The van der Waals surface area contributed by atoms with Crippen LogP contribution in [0, 0.1) is 5.92 Å². The smallest absolute Gasteiger partial charge is 0.291 e. The second-order valence-electron chi connectivity index (χ2n) is 8.64. The highest BCUT2D eigenvalue weighted by atomic mass is 35.5. The fraction of sp³-hybridized carbons (Fsp3) is 0.207. The summed E-state index contributed by atoms with van der Waals surface area (Å²) in [6, 6.07) is 25.5. The Morgan fingerprint density at radius 1 is 0.941 bits per heavy atom. The highest BCUT2D eigenvalue weighted by molar-refractivity contribution is 6.31. The molecule has 1 atom stereocenters. The van der Waals surface area contributed by atoms with Gasteiger partial charge in [0.25, 0.3) is 5.56 Å². The molecule has 0 aliphatic heterocycles. The third-order valence-corrected chi connectivity index (χ3v) is 6.44. The first-order valence-corrected chi connectivity index (χ1v) is 12.0. The maximum absolute atomic E-state index is 13.1. The normalized spacial score (nSPS) is 15.7. The van der Waals surface area contributed by atoms with Crippen molar-refractivity contribution in [2.24, 2.45) is 5.92 Å². The lowest BCUT2D eigenvalue weighted by Crippen LogP contribution is -2.18. The number of hydrogen-bond acceptors (Lipinski definition) is 4. The summed E-state index contributed by atoms with van der Waals surface area (Å²) < 4.78 is 6.01. The fourth-order valence-electron chi connectivity index (χ4n) is 4.37. The number of hydrogen-bond donors (Lipinski definition) is 0. The molecular weight excluding hydrogens is 444 g/mol. The number of benzene rings is 3. The zero-order chi connectivity index (χ0) is 23.3. The van der Waals surface area contributed by atoms with Crippen molar-refractivity contribution in [3.8, 4) is 11.3 Å². The predicted octanol–water partition coefficient (Wildman–Crippen LogP) is 6.75. The van der Waals surface area contributed by atoms with Crippen molar-refractivity contribution in [1.29, 1.82) is 0 Å². The van der Waals surface area contributed by atoms with Gasteiger partial charge < -0.3 is 4.74 Å². The van der Waals surface area contributed by atoms with Gasteiger partial charge >= 0.3 is 0 Å². The lowest BCUT2D eigenvalue weighted by molar-refractivity contribution is 0.175. The van der Waals surface area contributed by atoms with Crippen LogP contribution in [0.15, 0.2) is 95.5 Å². The van der Waals surface area contributed by atoms with E-state index in [-0.39, 0.29) is 5.56 Å². The second-order valence-corrected chi connectivity index (χ2v) is 9.08. The minimum absolute atomic E-state index is 0.274. The molecule has 1 aromatic heterocycles. The van der Waals surface area contributed by atoms with Crippen LogP contribution in [-0.2, 0) is 17.8 Å². The Bertz CT molecular complexity index is 1390. The Hall–Kier alpha value is -3.50. The van der Waals surface area contributed by atoms with Gasteiger partial charge in [-0.25, -0.2) is 9.97 Å². The molecule has 5 rings (SSSR count). The molecule has 4 aromatic rings. The Morgan fingerprint density at radius 3 is 2.44 bits per heavy atom. The molecule has 34 heavy (non-hydrogen) atoms. The summed E-state index contributed by atoms with van der Waals surface area (Å²) in [5, 5.41) is 1.37. The summed E-state index contributed by atoms with van der Waals surface area (Å²) in [5.41, 5.74) is 3.67. The van der Waals surface area contributed by atoms with Crippen LogP contribution in [0.2, 0.25) is 5.02 Å². The molecule has 0 radical (unpaired) electrons. The van der Waals surface area contributed by atoms with Crippen molar-refractivity contribution in [3.63, 3.8) is 0 Å². The summed E-state index contributed by atoms with van der Waals surface area (Å²) in [6.07, 6.45) is 5.42. The van der Waals surface area contributed by atoms with Gasteiger partial charge in [-0.3, -0.25) is 4.79 Å². The molecule has 0 saturated carbocycles. The lowest BCUT2D eigenvalue weighted by atomic mass is 9.89. The molecule has 0 fully saturated rings.